The molecule has 1 heterocycles. The first kappa shape index (κ1) is 31.6. The number of nitrogen functional groups attached to an aromatic ring is 1. The summed E-state index contributed by atoms with van der Waals surface area (Å²) in [4.78, 5) is 46.9. The molecule has 0 bridgehead atoms. The van der Waals surface area contributed by atoms with Crippen LogP contribution in [0, 0.1) is 25.6 Å². The fourth-order valence-electron chi connectivity index (χ4n) is 4.37. The van der Waals surface area contributed by atoms with Crippen LogP contribution in [0.2, 0.25) is 0 Å². The summed E-state index contributed by atoms with van der Waals surface area (Å²) < 4.78 is 25.9. The zero-order chi connectivity index (χ0) is 31.9. The Bertz CT molecular complexity index is 1550. The molecule has 44 heavy (non-hydrogen) atoms. The summed E-state index contributed by atoms with van der Waals surface area (Å²) in [5.41, 5.74) is 8.71. The Morgan fingerprint density at radius 1 is 0.841 bits per heavy atom. The SMILES string of the molecule is N=C(N)c1ccc(CP(=O)(Oc2ccc([N+](=O)[O-])cc2)Oc2ccc([N+](=O)[O-])cc2)c(NN2C(=O)CCCCCCC2=O)c1. The number of hydrazine groups is 1. The number of nitrogens with zero attached hydrogens (tertiary/aromatic N) is 3. The van der Waals surface area contributed by atoms with Gasteiger partial charge in [0.05, 0.1) is 15.5 Å². The van der Waals surface area contributed by atoms with Gasteiger partial charge in [-0.1, -0.05) is 25.0 Å². The van der Waals surface area contributed by atoms with Gasteiger partial charge in [0.25, 0.3) is 11.4 Å². The van der Waals surface area contributed by atoms with Crippen molar-refractivity contribution in [1.29, 1.82) is 5.41 Å². The summed E-state index contributed by atoms with van der Waals surface area (Å²) in [6, 6.07) is 14.0. The Hall–Kier alpha value is -5.30. The number of imide groups is 1. The van der Waals surface area contributed by atoms with Crippen LogP contribution >= 0.6 is 7.60 Å². The molecule has 1 aliphatic heterocycles. The molecule has 0 radical (unpaired) electrons. The highest BCUT2D eigenvalue weighted by atomic mass is 31.2. The second-order valence-corrected chi connectivity index (χ2v) is 11.8. The predicted molar refractivity (Wildman–Crippen MR) is 159 cm³/mol. The molecule has 3 aromatic carbocycles. The van der Waals surface area contributed by atoms with E-state index in [2.05, 4.69) is 5.43 Å². The number of carbonyl (C=O) groups excluding carboxylic acids is 2. The third kappa shape index (κ3) is 8.16. The maximum absolute atomic E-state index is 14.3. The van der Waals surface area contributed by atoms with Gasteiger partial charge in [-0.05, 0) is 48.7 Å². The molecule has 16 heteroatoms. The number of rotatable bonds is 11. The van der Waals surface area contributed by atoms with Gasteiger partial charge in [0.1, 0.15) is 23.5 Å². The average molecular weight is 625 g/mol. The number of benzene rings is 3. The number of amidine groups is 1. The van der Waals surface area contributed by atoms with Crippen LogP contribution < -0.4 is 20.2 Å². The first-order chi connectivity index (χ1) is 20.9. The van der Waals surface area contributed by atoms with E-state index in [1.165, 1.54) is 42.5 Å². The topological polar surface area (TPSA) is 221 Å². The van der Waals surface area contributed by atoms with Gasteiger partial charge in [-0.25, -0.2) is 4.57 Å². The quantitative estimate of drug-likeness (QED) is 0.0588. The van der Waals surface area contributed by atoms with Crippen LogP contribution in [0.5, 0.6) is 11.5 Å². The Morgan fingerprint density at radius 2 is 1.32 bits per heavy atom. The van der Waals surface area contributed by atoms with Gasteiger partial charge in [0.15, 0.2) is 0 Å². The van der Waals surface area contributed by atoms with Gasteiger partial charge in [0, 0.05) is 42.7 Å². The van der Waals surface area contributed by atoms with Crippen molar-refractivity contribution in [2.45, 2.75) is 44.7 Å². The Labute approximate surface area is 251 Å². The van der Waals surface area contributed by atoms with Crippen LogP contribution in [0.4, 0.5) is 17.1 Å². The number of nitro groups is 2. The van der Waals surface area contributed by atoms with Gasteiger partial charge in [-0.15, -0.1) is 0 Å². The highest BCUT2D eigenvalue weighted by Gasteiger charge is 2.32. The summed E-state index contributed by atoms with van der Waals surface area (Å²) in [5.74, 6) is -1.26. The molecule has 0 aromatic heterocycles. The second-order valence-electron chi connectivity index (χ2n) is 9.89. The summed E-state index contributed by atoms with van der Waals surface area (Å²) >= 11 is 0. The van der Waals surface area contributed by atoms with E-state index in [0.29, 0.717) is 12.8 Å². The fraction of sp³-hybridized carbons (Fsp3) is 0.250. The van der Waals surface area contributed by atoms with E-state index in [1.807, 2.05) is 0 Å². The standard InChI is InChI=1S/C28H29N6O9P/c29-28(30)19-7-8-20(25(17-19)31-32-26(35)5-3-1-2-4-6-27(32)36)18-44(41,42-23-13-9-21(10-14-23)33(37)38)43-24-15-11-22(12-16-24)34(39)40/h7-17,31H,1-6,18H2,(H3,29,30). The third-order valence-corrected chi connectivity index (χ3v) is 8.34. The van der Waals surface area contributed by atoms with Gasteiger partial charge in [-0.2, -0.15) is 5.01 Å². The number of nitrogens with two attached hydrogens (primary N) is 1. The van der Waals surface area contributed by atoms with Crippen LogP contribution in [-0.4, -0.2) is 32.5 Å². The number of nitro benzene ring substituents is 2. The predicted octanol–water partition coefficient (Wildman–Crippen LogP) is 5.67. The summed E-state index contributed by atoms with van der Waals surface area (Å²) in [7, 11) is -4.29. The van der Waals surface area contributed by atoms with E-state index in [0.717, 1.165) is 42.1 Å². The maximum Gasteiger partial charge on any atom is 0.435 e. The number of anilines is 1. The molecule has 0 aliphatic carbocycles. The van der Waals surface area contributed by atoms with Gasteiger partial charge >= 0.3 is 7.60 Å². The average Bonchev–Trinajstić information content (AvgIpc) is 3.05. The smallest absolute Gasteiger partial charge is 0.416 e. The van der Waals surface area contributed by atoms with Gasteiger partial charge in [-0.3, -0.25) is 40.7 Å². The molecule has 1 aliphatic rings. The highest BCUT2D eigenvalue weighted by Crippen LogP contribution is 2.52. The number of hydrogen-bond acceptors (Lipinski definition) is 11. The van der Waals surface area contributed by atoms with E-state index < -0.39 is 35.4 Å². The molecule has 0 unspecified atom stereocenters. The minimum atomic E-state index is -4.29. The van der Waals surface area contributed by atoms with Crippen molar-refractivity contribution in [2.24, 2.45) is 5.73 Å². The minimum Gasteiger partial charge on any atom is -0.416 e. The van der Waals surface area contributed by atoms with Crippen molar-refractivity contribution in [1.82, 2.24) is 5.01 Å². The molecule has 3 aromatic rings. The third-order valence-electron chi connectivity index (χ3n) is 6.63. The number of nitrogens with one attached hydrogen (secondary N) is 2. The lowest BCUT2D eigenvalue weighted by atomic mass is 10.1. The largest absolute Gasteiger partial charge is 0.435 e. The minimum absolute atomic E-state index is 0.0268. The Balaban J connectivity index is 1.73. The van der Waals surface area contributed by atoms with Crippen molar-refractivity contribution in [3.63, 3.8) is 0 Å². The molecule has 1 fully saturated rings. The van der Waals surface area contributed by atoms with Crippen molar-refractivity contribution >= 4 is 42.3 Å². The van der Waals surface area contributed by atoms with Crippen LogP contribution in [0.3, 0.4) is 0 Å². The first-order valence-corrected chi connectivity index (χ1v) is 15.2. The zero-order valence-corrected chi connectivity index (χ0v) is 24.2. The van der Waals surface area contributed by atoms with Crippen LogP contribution in [0.25, 0.3) is 0 Å². The van der Waals surface area contributed by atoms with E-state index >= 15 is 0 Å². The molecule has 15 nitrogen and oxygen atoms in total. The van der Waals surface area contributed by atoms with Crippen molar-refractivity contribution in [3.8, 4) is 11.5 Å². The van der Waals surface area contributed by atoms with Crippen molar-refractivity contribution in [2.75, 3.05) is 5.43 Å². The number of hydrogen-bond donors (Lipinski definition) is 3. The van der Waals surface area contributed by atoms with E-state index in [9.17, 15) is 34.4 Å². The molecule has 230 valence electrons. The second kappa shape index (κ2) is 13.8. The lowest BCUT2D eigenvalue weighted by Gasteiger charge is -2.26. The molecule has 2 amide bonds. The Kier molecular flexibility index (Phi) is 9.91. The lowest BCUT2D eigenvalue weighted by Crippen LogP contribution is -2.41. The first-order valence-electron chi connectivity index (χ1n) is 13.5. The van der Waals surface area contributed by atoms with Crippen LogP contribution in [0.15, 0.2) is 66.7 Å². The van der Waals surface area contributed by atoms with Crippen molar-refractivity contribution < 1.29 is 33.0 Å². The normalized spacial score (nSPS) is 14.1. The van der Waals surface area contributed by atoms with Crippen molar-refractivity contribution in [3.05, 3.63) is 98.1 Å². The molecule has 0 atom stereocenters. The molecule has 1 saturated heterocycles. The number of carbonyl (C=O) groups is 2. The van der Waals surface area contributed by atoms with Gasteiger partial charge < -0.3 is 14.8 Å². The molecule has 0 spiro atoms. The molecule has 4 N–H and O–H groups in total. The Morgan fingerprint density at radius 3 is 1.75 bits per heavy atom. The lowest BCUT2D eigenvalue weighted by molar-refractivity contribution is -0.385. The summed E-state index contributed by atoms with van der Waals surface area (Å²) in [6.45, 7) is 0. The zero-order valence-electron chi connectivity index (χ0n) is 23.3. The molecular weight excluding hydrogens is 595 g/mol. The van der Waals surface area contributed by atoms with Gasteiger partial charge in [0.2, 0.25) is 11.8 Å². The van der Waals surface area contributed by atoms with Crippen LogP contribution in [-0.2, 0) is 20.3 Å². The number of non-ortho nitro benzene ring substituents is 2. The molecule has 0 saturated carbocycles. The maximum atomic E-state index is 14.3. The van der Waals surface area contributed by atoms with E-state index in [-0.39, 0.29) is 58.4 Å². The van der Waals surface area contributed by atoms with Crippen LogP contribution in [0.1, 0.15) is 49.7 Å². The van der Waals surface area contributed by atoms with E-state index in [4.69, 9.17) is 20.2 Å². The number of amides is 2. The molecular formula is C28H29N6O9P. The fourth-order valence-corrected chi connectivity index (χ4v) is 6.12. The summed E-state index contributed by atoms with van der Waals surface area (Å²) in [5, 5.41) is 31.0. The molecule has 4 rings (SSSR count). The highest BCUT2D eigenvalue weighted by molar-refractivity contribution is 7.53. The van der Waals surface area contributed by atoms with E-state index in [1.54, 1.807) is 0 Å². The summed E-state index contributed by atoms with van der Waals surface area (Å²) in [6.07, 6.45) is 2.62. The monoisotopic (exact) mass is 624 g/mol.